The summed E-state index contributed by atoms with van der Waals surface area (Å²) in [6.45, 7) is 23.4. The van der Waals surface area contributed by atoms with Crippen LogP contribution in [0.5, 0.6) is 5.75 Å². The second-order valence-corrected chi connectivity index (χ2v) is 18.7. The highest BCUT2D eigenvalue weighted by atomic mass is 32.1. The van der Waals surface area contributed by atoms with Crippen LogP contribution in [0, 0.1) is 5.92 Å². The highest BCUT2D eigenvalue weighted by molar-refractivity contribution is 7.83. The molecule has 3 nitrogen and oxygen atoms in total. The van der Waals surface area contributed by atoms with Gasteiger partial charge in [-0.15, -0.1) is 0 Å². The molecule has 41 heavy (non-hydrogen) atoms. The Bertz CT molecular complexity index is 873. The minimum Gasteiger partial charge on any atom is -0.519 e. The van der Waals surface area contributed by atoms with Crippen molar-refractivity contribution >= 4 is 27.0 Å². The number of thiol groups is 1. The second-order valence-electron chi connectivity index (χ2n) is 14.3. The van der Waals surface area contributed by atoms with Gasteiger partial charge in [-0.3, -0.25) is 4.79 Å². The van der Waals surface area contributed by atoms with Gasteiger partial charge in [0.05, 0.1) is 4.87 Å². The summed E-state index contributed by atoms with van der Waals surface area (Å²) in [4.78, 5) is 10.7. The quantitative estimate of drug-likeness (QED) is 0.103. The fourth-order valence-corrected chi connectivity index (χ4v) is 9.50. The summed E-state index contributed by atoms with van der Waals surface area (Å²) >= 11 is 5.17. The molecule has 0 heterocycles. The van der Waals surface area contributed by atoms with E-state index < -0.39 is 8.56 Å². The van der Waals surface area contributed by atoms with Gasteiger partial charge < -0.3 is 8.85 Å². The Balaban J connectivity index is 0.000000787. The van der Waals surface area contributed by atoms with Crippen LogP contribution in [0.25, 0.3) is 0 Å². The van der Waals surface area contributed by atoms with Crippen LogP contribution in [0.2, 0.25) is 6.04 Å². The van der Waals surface area contributed by atoms with Crippen LogP contribution in [0.4, 0.5) is 0 Å². The first-order valence-electron chi connectivity index (χ1n) is 16.9. The maximum absolute atomic E-state index is 10.5. The van der Waals surface area contributed by atoms with E-state index in [4.69, 9.17) is 21.5 Å². The summed E-state index contributed by atoms with van der Waals surface area (Å²) in [5.74, 6) is 1.99. The molecule has 2 rings (SSSR count). The van der Waals surface area contributed by atoms with E-state index in [0.29, 0.717) is 11.7 Å². The Morgan fingerprint density at radius 2 is 1.44 bits per heavy atom. The average Bonchev–Trinajstić information content (AvgIpc) is 3.61. The van der Waals surface area contributed by atoms with Gasteiger partial charge in [0.25, 0.3) is 0 Å². The fourth-order valence-electron chi connectivity index (χ4n) is 5.05. The molecule has 0 radical (unpaired) electrons. The minimum absolute atomic E-state index is 0.000780. The normalized spacial score (nSPS) is 17.4. The van der Waals surface area contributed by atoms with Crippen LogP contribution in [-0.2, 0) is 20.1 Å². The Kier molecular flexibility index (Phi) is 17.5. The van der Waals surface area contributed by atoms with Crippen LogP contribution in [-0.4, -0.2) is 25.8 Å². The third-order valence-electron chi connectivity index (χ3n) is 8.15. The van der Waals surface area contributed by atoms with Crippen LogP contribution < -0.4 is 4.43 Å². The van der Waals surface area contributed by atoms with Crippen LogP contribution in [0.1, 0.15) is 164 Å². The lowest BCUT2D eigenvalue weighted by Gasteiger charge is -2.38. The molecule has 0 spiro atoms. The molecular weight excluding hydrogens is 541 g/mol. The lowest BCUT2D eigenvalue weighted by molar-refractivity contribution is -0.111. The van der Waals surface area contributed by atoms with Crippen molar-refractivity contribution in [2.75, 3.05) is 6.61 Å². The molecule has 3 atom stereocenters. The molecule has 3 unspecified atom stereocenters. The van der Waals surface area contributed by atoms with Crippen molar-refractivity contribution in [2.24, 2.45) is 5.92 Å². The zero-order chi connectivity index (χ0) is 31.1. The number of ketones is 1. The molecule has 1 aromatic carbocycles. The summed E-state index contributed by atoms with van der Waals surface area (Å²) in [6, 6.07) is 7.84. The standard InChI is InChI=1S/C28H52O2SSi.C8H14O/c1-10-13-16-17-26(31)32(21-15-12-3,29-20-14-11-2)30-25-19-18-23(27(4,5)6)22-24(25)28(7,8)9;1-2-3-4-5-7-6-8(7)9/h18-19,22,26,31H,10-17,20-21H2,1-9H3;7H,2-6H2,1H3. The monoisotopic (exact) mass is 606 g/mol. The first-order valence-corrected chi connectivity index (χ1v) is 19.6. The number of benzene rings is 1. The predicted molar refractivity (Wildman–Crippen MR) is 185 cm³/mol. The molecule has 0 aliphatic heterocycles. The van der Waals surface area contributed by atoms with Crippen molar-refractivity contribution in [1.29, 1.82) is 0 Å². The van der Waals surface area contributed by atoms with Crippen molar-refractivity contribution in [3.63, 3.8) is 0 Å². The Morgan fingerprint density at radius 3 is 1.95 bits per heavy atom. The highest BCUT2D eigenvalue weighted by Crippen LogP contribution is 2.39. The van der Waals surface area contributed by atoms with Gasteiger partial charge >= 0.3 is 8.56 Å². The Labute approximate surface area is 262 Å². The number of hydrogen-bond acceptors (Lipinski definition) is 4. The SMILES string of the molecule is CCCCCC(S)[Si](CCCC)(OCCCC)Oc1ccc(C(C)(C)C)cc1C(C)(C)C.CCCCCC1CC1=O. The van der Waals surface area contributed by atoms with Crippen molar-refractivity contribution in [2.45, 2.75) is 174 Å². The maximum Gasteiger partial charge on any atom is 0.412 e. The average molecular weight is 607 g/mol. The summed E-state index contributed by atoms with van der Waals surface area (Å²) in [6.07, 6.45) is 15.1. The lowest BCUT2D eigenvalue weighted by Crippen LogP contribution is -2.54. The van der Waals surface area contributed by atoms with E-state index in [1.54, 1.807) is 0 Å². The first-order chi connectivity index (χ1) is 19.3. The third kappa shape index (κ3) is 14.0. The number of carbonyl (C=O) groups excluding carboxylic acids is 1. The smallest absolute Gasteiger partial charge is 0.412 e. The zero-order valence-corrected chi connectivity index (χ0v) is 30.6. The van der Waals surface area contributed by atoms with Gasteiger partial charge in [0, 0.05) is 25.0 Å². The Morgan fingerprint density at radius 1 is 0.854 bits per heavy atom. The lowest BCUT2D eigenvalue weighted by atomic mass is 9.80. The molecule has 238 valence electrons. The number of carbonyl (C=O) groups is 1. The van der Waals surface area contributed by atoms with Crippen molar-refractivity contribution in [3.8, 4) is 5.75 Å². The van der Waals surface area contributed by atoms with Gasteiger partial charge in [0.15, 0.2) is 0 Å². The zero-order valence-electron chi connectivity index (χ0n) is 28.7. The van der Waals surface area contributed by atoms with E-state index in [0.717, 1.165) is 63.3 Å². The van der Waals surface area contributed by atoms with Crippen molar-refractivity contribution in [3.05, 3.63) is 29.3 Å². The summed E-state index contributed by atoms with van der Waals surface area (Å²) in [7, 11) is -2.56. The van der Waals surface area contributed by atoms with Crippen LogP contribution in [0.15, 0.2) is 18.2 Å². The van der Waals surface area contributed by atoms with E-state index in [1.807, 2.05) is 0 Å². The van der Waals surface area contributed by atoms with E-state index in [1.165, 1.54) is 49.7 Å². The highest BCUT2D eigenvalue weighted by Gasteiger charge is 2.46. The van der Waals surface area contributed by atoms with Crippen LogP contribution in [0.3, 0.4) is 0 Å². The summed E-state index contributed by atoms with van der Waals surface area (Å²) in [5, 5.41) is 0. The molecule has 1 aliphatic rings. The molecule has 0 N–H and O–H groups in total. The second kappa shape index (κ2) is 18.8. The van der Waals surface area contributed by atoms with E-state index in [9.17, 15) is 4.79 Å². The molecule has 1 saturated carbocycles. The number of hydrogen-bond donors (Lipinski definition) is 1. The fraction of sp³-hybridized carbons (Fsp3) is 0.806. The van der Waals surface area contributed by atoms with Gasteiger partial charge in [-0.2, -0.15) is 12.6 Å². The van der Waals surface area contributed by atoms with Gasteiger partial charge in [-0.05, 0) is 47.3 Å². The molecule has 0 aromatic heterocycles. The topological polar surface area (TPSA) is 35.5 Å². The van der Waals surface area contributed by atoms with E-state index >= 15 is 0 Å². The van der Waals surface area contributed by atoms with Crippen molar-refractivity contribution in [1.82, 2.24) is 0 Å². The molecule has 1 aromatic rings. The Hall–Kier alpha value is -0.783. The molecular formula is C36H66O3SSi. The first kappa shape index (κ1) is 38.2. The summed E-state index contributed by atoms with van der Waals surface area (Å²) in [5.41, 5.74) is 2.75. The van der Waals surface area contributed by atoms with E-state index in [-0.39, 0.29) is 15.7 Å². The predicted octanol–water partition coefficient (Wildman–Crippen LogP) is 11.3. The number of unbranched alkanes of at least 4 members (excludes halogenated alkanes) is 6. The van der Waals surface area contributed by atoms with Crippen molar-refractivity contribution < 1.29 is 13.6 Å². The van der Waals surface area contributed by atoms with Gasteiger partial charge in [0.2, 0.25) is 0 Å². The molecule has 0 amide bonds. The third-order valence-corrected chi connectivity index (χ3v) is 13.2. The van der Waals surface area contributed by atoms with Gasteiger partial charge in [0.1, 0.15) is 11.5 Å². The molecule has 1 fully saturated rings. The summed E-state index contributed by atoms with van der Waals surface area (Å²) < 4.78 is 13.9. The number of rotatable bonds is 18. The maximum atomic E-state index is 10.5. The largest absolute Gasteiger partial charge is 0.519 e. The molecule has 1 aliphatic carbocycles. The van der Waals surface area contributed by atoms with Crippen LogP contribution >= 0.6 is 12.6 Å². The molecule has 0 bridgehead atoms. The van der Waals surface area contributed by atoms with E-state index in [2.05, 4.69) is 87.4 Å². The number of Topliss-reactive ketones (excluding diaryl/α,β-unsaturated/α-hetero) is 1. The molecule has 5 heteroatoms. The van der Waals surface area contributed by atoms with Gasteiger partial charge in [-0.1, -0.05) is 139 Å². The van der Waals surface area contributed by atoms with Gasteiger partial charge in [-0.25, -0.2) is 0 Å². The minimum atomic E-state index is -2.56. The molecule has 0 saturated heterocycles.